The highest BCUT2D eigenvalue weighted by Crippen LogP contribution is 2.51. The SMILES string of the molecule is C1=c2ccccc2=CC12C=c1ccccc1=CC21C=c2ccccc2=C1. The van der Waals surface area contributed by atoms with Gasteiger partial charge in [-0.25, -0.2) is 0 Å². The summed E-state index contributed by atoms with van der Waals surface area (Å²) >= 11 is 0. The summed E-state index contributed by atoms with van der Waals surface area (Å²) in [4.78, 5) is 0. The van der Waals surface area contributed by atoms with Crippen molar-refractivity contribution in [3.63, 3.8) is 0 Å². The predicted molar refractivity (Wildman–Crippen MR) is 109 cm³/mol. The van der Waals surface area contributed by atoms with E-state index >= 15 is 0 Å². The van der Waals surface area contributed by atoms with Crippen molar-refractivity contribution in [2.45, 2.75) is 0 Å². The van der Waals surface area contributed by atoms with Gasteiger partial charge < -0.3 is 0 Å². The Morgan fingerprint density at radius 1 is 0.308 bits per heavy atom. The highest BCUT2D eigenvalue weighted by molar-refractivity contribution is 5.87. The molecule has 0 heterocycles. The summed E-state index contributed by atoms with van der Waals surface area (Å²) in [6.07, 6.45) is 14.7. The Labute approximate surface area is 151 Å². The minimum atomic E-state index is -0.163. The van der Waals surface area contributed by atoms with Crippen molar-refractivity contribution in [2.75, 3.05) is 0 Å². The number of hydrogen-bond donors (Lipinski definition) is 0. The first kappa shape index (κ1) is 14.1. The van der Waals surface area contributed by atoms with Crippen molar-refractivity contribution in [3.8, 4) is 0 Å². The second-order valence-electron chi connectivity index (χ2n) is 7.62. The molecule has 2 spiro atoms. The van der Waals surface area contributed by atoms with Gasteiger partial charge in [-0.1, -0.05) is 109 Å². The Bertz CT molecular complexity index is 1250. The summed E-state index contributed by atoms with van der Waals surface area (Å²) in [7, 11) is 0. The summed E-state index contributed by atoms with van der Waals surface area (Å²) in [5.41, 5.74) is -0.325. The van der Waals surface area contributed by atoms with Gasteiger partial charge in [-0.05, 0) is 31.3 Å². The van der Waals surface area contributed by atoms with E-state index in [1.807, 2.05) is 0 Å². The fourth-order valence-electron chi connectivity index (χ4n) is 4.87. The van der Waals surface area contributed by atoms with Gasteiger partial charge in [0.15, 0.2) is 0 Å². The smallest absolute Gasteiger partial charge is 0.0431 e. The van der Waals surface area contributed by atoms with Crippen LogP contribution in [0.3, 0.4) is 0 Å². The number of benzene rings is 3. The highest BCUT2D eigenvalue weighted by atomic mass is 14.5. The Morgan fingerprint density at radius 2 is 0.500 bits per heavy atom. The van der Waals surface area contributed by atoms with Crippen LogP contribution in [-0.4, -0.2) is 0 Å². The molecule has 3 aromatic rings. The summed E-state index contributed by atoms with van der Waals surface area (Å²) in [6.45, 7) is 0. The van der Waals surface area contributed by atoms with Crippen LogP contribution in [0.4, 0.5) is 0 Å². The standard InChI is InChI=1S/C26H18/c1-2-8-20-14-25(13-19(20)7-1)17-23-11-5-6-12-24(23)18-26(25)15-21-9-3-4-10-22(21)16-26/h1-18H. The first-order valence-electron chi connectivity index (χ1n) is 9.20. The number of fused-ring (bicyclic) bond motifs is 4. The van der Waals surface area contributed by atoms with Crippen LogP contribution >= 0.6 is 0 Å². The van der Waals surface area contributed by atoms with Gasteiger partial charge in [-0.3, -0.25) is 0 Å². The molecule has 0 bridgehead atoms. The molecule has 0 saturated heterocycles. The second-order valence-corrected chi connectivity index (χ2v) is 7.62. The van der Waals surface area contributed by atoms with Crippen LogP contribution in [0.2, 0.25) is 0 Å². The molecule has 0 heteroatoms. The normalized spacial score (nSPS) is 18.9. The van der Waals surface area contributed by atoms with E-state index in [9.17, 15) is 0 Å². The quantitative estimate of drug-likeness (QED) is 0.572. The molecular weight excluding hydrogens is 312 g/mol. The van der Waals surface area contributed by atoms with Crippen molar-refractivity contribution in [1.29, 1.82) is 0 Å². The van der Waals surface area contributed by atoms with Gasteiger partial charge in [0.1, 0.15) is 0 Å². The Balaban J connectivity index is 1.79. The fourth-order valence-corrected chi connectivity index (χ4v) is 4.87. The lowest BCUT2D eigenvalue weighted by atomic mass is 9.61. The molecule has 3 aliphatic rings. The first-order chi connectivity index (χ1) is 12.8. The Kier molecular flexibility index (Phi) is 2.57. The first-order valence-corrected chi connectivity index (χ1v) is 9.20. The summed E-state index contributed by atoms with van der Waals surface area (Å²) in [5, 5.41) is 7.94. The minimum absolute atomic E-state index is 0.163. The summed E-state index contributed by atoms with van der Waals surface area (Å²) in [5.74, 6) is 0. The van der Waals surface area contributed by atoms with Gasteiger partial charge in [0.05, 0.1) is 0 Å². The molecule has 0 aliphatic heterocycles. The molecule has 0 N–H and O–H groups in total. The monoisotopic (exact) mass is 330 g/mol. The molecule has 6 rings (SSSR count). The highest BCUT2D eigenvalue weighted by Gasteiger charge is 2.46. The zero-order chi connectivity index (χ0) is 17.2. The van der Waals surface area contributed by atoms with Crippen LogP contribution in [0, 0.1) is 10.8 Å². The molecular formula is C26H18. The molecule has 0 unspecified atom stereocenters. The molecule has 3 aliphatic carbocycles. The summed E-state index contributed by atoms with van der Waals surface area (Å²) < 4.78 is 0. The predicted octanol–water partition coefficient (Wildman–Crippen LogP) is 0.784. The van der Waals surface area contributed by atoms with Crippen molar-refractivity contribution < 1.29 is 0 Å². The van der Waals surface area contributed by atoms with E-state index < -0.39 is 0 Å². The molecule has 0 saturated carbocycles. The van der Waals surface area contributed by atoms with Gasteiger partial charge in [0, 0.05) is 10.8 Å². The van der Waals surface area contributed by atoms with Crippen molar-refractivity contribution in [2.24, 2.45) is 10.8 Å². The van der Waals surface area contributed by atoms with E-state index in [1.165, 1.54) is 31.3 Å². The Hall–Kier alpha value is -3.12. The third-order valence-electron chi connectivity index (χ3n) is 6.10. The van der Waals surface area contributed by atoms with Crippen molar-refractivity contribution in [3.05, 3.63) is 104 Å². The fraction of sp³-hybridized carbons (Fsp3) is 0.0769. The van der Waals surface area contributed by atoms with Crippen LogP contribution in [-0.2, 0) is 0 Å². The lowest BCUT2D eigenvalue weighted by Crippen LogP contribution is -2.42. The van der Waals surface area contributed by atoms with Crippen molar-refractivity contribution in [1.82, 2.24) is 0 Å². The van der Waals surface area contributed by atoms with E-state index in [0.29, 0.717) is 0 Å². The van der Waals surface area contributed by atoms with E-state index in [4.69, 9.17) is 0 Å². The molecule has 0 fully saturated rings. The van der Waals surface area contributed by atoms with E-state index in [1.54, 1.807) is 0 Å². The van der Waals surface area contributed by atoms with Crippen LogP contribution in [0.25, 0.3) is 36.5 Å². The second kappa shape index (κ2) is 4.74. The molecule has 0 atom stereocenters. The number of hydrogen-bond acceptors (Lipinski definition) is 0. The zero-order valence-electron chi connectivity index (χ0n) is 14.4. The molecule has 3 aromatic carbocycles. The molecule has 0 amide bonds. The average molecular weight is 330 g/mol. The lowest BCUT2D eigenvalue weighted by molar-refractivity contribution is 0.578. The molecule has 26 heavy (non-hydrogen) atoms. The van der Waals surface area contributed by atoms with Gasteiger partial charge in [0.25, 0.3) is 0 Å². The van der Waals surface area contributed by atoms with Crippen LogP contribution in [0.1, 0.15) is 0 Å². The molecule has 122 valence electrons. The third kappa shape index (κ3) is 1.74. The van der Waals surface area contributed by atoms with Crippen LogP contribution < -0.4 is 31.3 Å². The maximum atomic E-state index is 2.46. The minimum Gasteiger partial charge on any atom is -0.0616 e. The lowest BCUT2D eigenvalue weighted by Gasteiger charge is -2.40. The van der Waals surface area contributed by atoms with E-state index in [0.717, 1.165) is 0 Å². The molecule has 0 nitrogen and oxygen atoms in total. The van der Waals surface area contributed by atoms with Gasteiger partial charge >= 0.3 is 0 Å². The van der Waals surface area contributed by atoms with Gasteiger partial charge in [-0.15, -0.1) is 0 Å². The topological polar surface area (TPSA) is 0 Å². The average Bonchev–Trinajstić information content (AvgIpc) is 3.21. The largest absolute Gasteiger partial charge is 0.0616 e. The van der Waals surface area contributed by atoms with E-state index in [2.05, 4.69) is 109 Å². The van der Waals surface area contributed by atoms with E-state index in [-0.39, 0.29) is 10.8 Å². The van der Waals surface area contributed by atoms with Crippen LogP contribution in [0.15, 0.2) is 72.8 Å². The number of rotatable bonds is 0. The zero-order valence-corrected chi connectivity index (χ0v) is 14.4. The third-order valence-corrected chi connectivity index (χ3v) is 6.10. The molecule has 0 aromatic heterocycles. The maximum absolute atomic E-state index is 2.46. The summed E-state index contributed by atoms with van der Waals surface area (Å²) in [6, 6.07) is 26.2. The van der Waals surface area contributed by atoms with Crippen molar-refractivity contribution >= 4 is 36.5 Å². The van der Waals surface area contributed by atoms with Crippen LogP contribution in [0.5, 0.6) is 0 Å². The van der Waals surface area contributed by atoms with Gasteiger partial charge in [-0.2, -0.15) is 0 Å². The maximum Gasteiger partial charge on any atom is 0.0431 e. The molecule has 0 radical (unpaired) electrons. The Morgan fingerprint density at radius 3 is 0.692 bits per heavy atom. The van der Waals surface area contributed by atoms with Gasteiger partial charge in [0.2, 0.25) is 0 Å².